The Morgan fingerprint density at radius 1 is 0.682 bits per heavy atom. The number of carbonyl (C=O) groups is 1. The zero-order valence-corrected chi connectivity index (χ0v) is 32.5. The Bertz CT molecular complexity index is 873. The van der Waals surface area contributed by atoms with Gasteiger partial charge in [0.1, 0.15) is 6.79 Å². The summed E-state index contributed by atoms with van der Waals surface area (Å²) in [6.07, 6.45) is 14.9. The predicted octanol–water partition coefficient (Wildman–Crippen LogP) is 13.5. The van der Waals surface area contributed by atoms with Gasteiger partial charge in [-0.25, -0.2) is 0 Å². The van der Waals surface area contributed by atoms with Gasteiger partial charge in [0, 0.05) is 0 Å². The highest BCUT2D eigenvalue weighted by molar-refractivity contribution is 5.56. The van der Waals surface area contributed by atoms with Crippen LogP contribution in [0.25, 0.3) is 0 Å². The van der Waals surface area contributed by atoms with E-state index in [9.17, 15) is 0 Å². The molecule has 0 aliphatic heterocycles. The molecule has 0 amide bonds. The van der Waals surface area contributed by atoms with Crippen molar-refractivity contribution < 1.29 is 4.79 Å². The fourth-order valence-electron chi connectivity index (χ4n) is 3.03. The van der Waals surface area contributed by atoms with Crippen LogP contribution < -0.4 is 0 Å². The zero-order valence-electron chi connectivity index (χ0n) is 32.5. The minimum absolute atomic E-state index is 0.472. The third-order valence-corrected chi connectivity index (χ3v) is 6.17. The molecule has 2 heteroatoms. The van der Waals surface area contributed by atoms with Crippen molar-refractivity contribution in [2.75, 3.05) is 21.1 Å². The van der Waals surface area contributed by atoms with Gasteiger partial charge in [-0.3, -0.25) is 0 Å². The van der Waals surface area contributed by atoms with Crippen molar-refractivity contribution in [2.45, 2.75) is 122 Å². The zero-order chi connectivity index (χ0) is 36.4. The van der Waals surface area contributed by atoms with E-state index in [1.165, 1.54) is 25.7 Å². The van der Waals surface area contributed by atoms with Crippen molar-refractivity contribution >= 4 is 6.79 Å². The summed E-state index contributed by atoms with van der Waals surface area (Å²) in [4.78, 5) is 10.0. The lowest BCUT2D eigenvalue weighted by Gasteiger charge is -2.16. The summed E-state index contributed by atoms with van der Waals surface area (Å²) in [6.45, 7) is 52.7. The van der Waals surface area contributed by atoms with Gasteiger partial charge in [-0.15, -0.1) is 0 Å². The molecule has 0 radical (unpaired) electrons. The Kier molecular flexibility index (Phi) is 46.9. The first-order valence-corrected chi connectivity index (χ1v) is 16.7. The molecule has 0 saturated heterocycles. The van der Waals surface area contributed by atoms with Crippen LogP contribution in [-0.2, 0) is 4.79 Å². The minimum atomic E-state index is 0.472. The molecule has 0 rings (SSSR count). The molecule has 0 aliphatic carbocycles. The lowest BCUT2D eigenvalue weighted by molar-refractivity contribution is -0.0980. The Morgan fingerprint density at radius 3 is 1.48 bits per heavy atom. The number of nitrogens with zero attached hydrogens (tertiary/aromatic N) is 1. The van der Waals surface area contributed by atoms with E-state index in [4.69, 9.17) is 4.79 Å². The molecule has 0 saturated carbocycles. The van der Waals surface area contributed by atoms with Crippen LogP contribution in [0.5, 0.6) is 0 Å². The Balaban J connectivity index is -0.000000238. The first-order chi connectivity index (χ1) is 20.6. The van der Waals surface area contributed by atoms with Gasteiger partial charge in [0.05, 0.1) is 0 Å². The molecule has 0 fully saturated rings. The van der Waals surface area contributed by atoms with E-state index in [-0.39, 0.29) is 0 Å². The first-order valence-electron chi connectivity index (χ1n) is 16.7. The van der Waals surface area contributed by atoms with Gasteiger partial charge in [0.25, 0.3) is 0 Å². The van der Waals surface area contributed by atoms with Gasteiger partial charge >= 0.3 is 0 Å². The Morgan fingerprint density at radius 2 is 1.11 bits per heavy atom. The molecule has 2 atom stereocenters. The molecule has 44 heavy (non-hydrogen) atoms. The van der Waals surface area contributed by atoms with Crippen molar-refractivity contribution in [3.63, 3.8) is 0 Å². The van der Waals surface area contributed by atoms with Crippen molar-refractivity contribution in [1.29, 1.82) is 0 Å². The molecule has 2 nitrogen and oxygen atoms in total. The summed E-state index contributed by atoms with van der Waals surface area (Å²) in [6, 6.07) is 0. The maximum atomic E-state index is 8.00. The molecule has 2 unspecified atom stereocenters. The minimum Gasteiger partial charge on any atom is -0.312 e. The SMILES string of the molecule is C=C(/C=C\C(=C)C(=C)/C(=C\C(=C)C(=C)/C(C)=C\C(=C)C(C)CCC(C)CC)CC)CC.C=O.CC.CC.CCC.CN(C)C. The Hall–Kier alpha value is -2.71. The lowest BCUT2D eigenvalue weighted by atomic mass is 9.89. The van der Waals surface area contributed by atoms with Crippen molar-refractivity contribution in [2.24, 2.45) is 11.8 Å². The molecule has 0 aromatic heterocycles. The van der Waals surface area contributed by atoms with Crippen LogP contribution in [0.4, 0.5) is 0 Å². The third-order valence-electron chi connectivity index (χ3n) is 6.17. The van der Waals surface area contributed by atoms with E-state index < -0.39 is 0 Å². The van der Waals surface area contributed by atoms with Crippen LogP contribution in [0.3, 0.4) is 0 Å². The second-order valence-electron chi connectivity index (χ2n) is 10.8. The van der Waals surface area contributed by atoms with Crippen molar-refractivity contribution in [3.05, 3.63) is 108 Å². The number of hydrogen-bond acceptors (Lipinski definition) is 2. The topological polar surface area (TPSA) is 20.3 Å². The summed E-state index contributed by atoms with van der Waals surface area (Å²) >= 11 is 0. The molecule has 0 aromatic carbocycles. The van der Waals surface area contributed by atoms with E-state index in [2.05, 4.69) is 107 Å². The maximum Gasteiger partial charge on any atom is 0.106 e. The van der Waals surface area contributed by atoms with Crippen LogP contribution >= 0.6 is 0 Å². The largest absolute Gasteiger partial charge is 0.312 e. The number of hydrogen-bond donors (Lipinski definition) is 0. The number of carbonyl (C=O) groups excluding carboxylic acids is 1. The van der Waals surface area contributed by atoms with Gasteiger partial charge in [0.15, 0.2) is 0 Å². The molecular weight excluding hydrogens is 534 g/mol. The standard InChI is InChI=1S/C31H46.C3H9N.C3H8.2C2H6.CH2O/c1-13-22(4)16-18-24(6)26(8)20-27(9)29(11)28(10)21-31(15-3)30(12)25(7)19-17-23(5)14-2;1-4(2)3;1-3-2;3*1-2/h17,19-22,24H,5,7-8,10-16,18H2,1-4,6,9H3;1-3H3;3H2,1-2H3;2*1-2H3;1H2/b19-17-,27-20-,31-21-;;;;;. The third kappa shape index (κ3) is 33.8. The summed E-state index contributed by atoms with van der Waals surface area (Å²) < 4.78 is 0. The molecule has 0 bridgehead atoms. The van der Waals surface area contributed by atoms with Crippen LogP contribution in [0.2, 0.25) is 0 Å². The summed E-state index contributed by atoms with van der Waals surface area (Å²) in [5.74, 6) is 1.24. The van der Waals surface area contributed by atoms with E-state index in [0.29, 0.717) is 5.92 Å². The van der Waals surface area contributed by atoms with Gasteiger partial charge in [0.2, 0.25) is 0 Å². The maximum absolute atomic E-state index is 8.00. The second kappa shape index (κ2) is 38.3. The first kappa shape index (κ1) is 53.8. The monoisotopic (exact) mass is 612 g/mol. The van der Waals surface area contributed by atoms with Gasteiger partial charge < -0.3 is 9.69 Å². The number of allylic oxidation sites excluding steroid dienone is 12. The normalized spacial score (nSPS) is 11.6. The molecule has 0 aromatic rings. The van der Waals surface area contributed by atoms with Crippen LogP contribution in [0, 0.1) is 11.8 Å². The average molecular weight is 612 g/mol. The van der Waals surface area contributed by atoms with Crippen LogP contribution in [-0.4, -0.2) is 32.8 Å². The molecule has 0 spiro atoms. The van der Waals surface area contributed by atoms with Crippen LogP contribution in [0.1, 0.15) is 122 Å². The summed E-state index contributed by atoms with van der Waals surface area (Å²) in [7, 11) is 6.00. The Labute approximate surface area is 278 Å². The van der Waals surface area contributed by atoms with Crippen molar-refractivity contribution in [1.82, 2.24) is 4.90 Å². The van der Waals surface area contributed by atoms with E-state index >= 15 is 0 Å². The smallest absolute Gasteiger partial charge is 0.106 e. The lowest BCUT2D eigenvalue weighted by Crippen LogP contribution is -2.01. The van der Waals surface area contributed by atoms with E-state index in [1.807, 2.05) is 72.7 Å². The van der Waals surface area contributed by atoms with Gasteiger partial charge in [-0.05, 0) is 92.6 Å². The molecule has 256 valence electrons. The van der Waals surface area contributed by atoms with E-state index in [0.717, 1.165) is 63.3 Å². The summed E-state index contributed by atoms with van der Waals surface area (Å²) in [5, 5.41) is 0. The van der Waals surface area contributed by atoms with E-state index in [1.54, 1.807) is 0 Å². The molecule has 0 N–H and O–H groups in total. The quantitative estimate of drug-likeness (QED) is 0.172. The number of rotatable bonds is 15. The molecular formula is C42H77NO. The summed E-state index contributed by atoms with van der Waals surface area (Å²) in [5.41, 5.74) is 8.15. The van der Waals surface area contributed by atoms with Crippen molar-refractivity contribution in [3.8, 4) is 0 Å². The predicted molar refractivity (Wildman–Crippen MR) is 210 cm³/mol. The highest BCUT2D eigenvalue weighted by Gasteiger charge is 2.10. The molecule has 0 heterocycles. The highest BCUT2D eigenvalue weighted by Crippen LogP contribution is 2.28. The van der Waals surface area contributed by atoms with Crippen LogP contribution in [0.15, 0.2) is 108 Å². The van der Waals surface area contributed by atoms with Gasteiger partial charge in [-0.1, -0.05) is 170 Å². The highest BCUT2D eigenvalue weighted by atomic mass is 16.1. The second-order valence-corrected chi connectivity index (χ2v) is 10.8. The fourth-order valence-corrected chi connectivity index (χ4v) is 3.03. The average Bonchev–Trinajstić information content (AvgIpc) is 3.02. The molecule has 0 aliphatic rings. The van der Waals surface area contributed by atoms with Gasteiger partial charge in [-0.2, -0.15) is 0 Å². The fraction of sp³-hybridized carbons (Fsp3) is 0.548.